The predicted octanol–water partition coefficient (Wildman–Crippen LogP) is -0.0790. The summed E-state index contributed by atoms with van der Waals surface area (Å²) in [5.74, 6) is 0.454. The molecule has 4 N–H and O–H groups in total. The van der Waals surface area contributed by atoms with E-state index in [2.05, 4.69) is 11.9 Å². The summed E-state index contributed by atoms with van der Waals surface area (Å²) in [6.07, 6.45) is 3.33. The molecule has 0 bridgehead atoms. The zero-order valence-electron chi connectivity index (χ0n) is 9.12. The first-order valence-corrected chi connectivity index (χ1v) is 5.19. The summed E-state index contributed by atoms with van der Waals surface area (Å²) in [5.41, 5.74) is 10.1. The van der Waals surface area contributed by atoms with Gasteiger partial charge in [0.2, 0.25) is 5.91 Å². The van der Waals surface area contributed by atoms with Crippen molar-refractivity contribution in [3.8, 4) is 0 Å². The lowest BCUT2D eigenvalue weighted by molar-refractivity contribution is -0.122. The van der Waals surface area contributed by atoms with Crippen molar-refractivity contribution in [3.05, 3.63) is 0 Å². The molecule has 4 nitrogen and oxygen atoms in total. The molecule has 4 heteroatoms. The van der Waals surface area contributed by atoms with Crippen LogP contribution in [0.5, 0.6) is 0 Å². The SMILES string of the molecule is CN(CCC(C)(N)C(N)=O)CC1CC1. The lowest BCUT2D eigenvalue weighted by Gasteiger charge is -2.24. The summed E-state index contributed by atoms with van der Waals surface area (Å²) in [6.45, 7) is 3.65. The number of nitrogens with two attached hydrogens (primary N) is 2. The van der Waals surface area contributed by atoms with E-state index in [0.29, 0.717) is 6.42 Å². The first-order valence-electron chi connectivity index (χ1n) is 5.19. The smallest absolute Gasteiger partial charge is 0.237 e. The zero-order chi connectivity index (χ0) is 10.8. The van der Waals surface area contributed by atoms with Crippen LogP contribution in [0.15, 0.2) is 0 Å². The molecule has 14 heavy (non-hydrogen) atoms. The van der Waals surface area contributed by atoms with E-state index in [-0.39, 0.29) is 0 Å². The van der Waals surface area contributed by atoms with E-state index < -0.39 is 11.4 Å². The number of rotatable bonds is 6. The first-order chi connectivity index (χ1) is 6.42. The lowest BCUT2D eigenvalue weighted by Crippen LogP contribution is -2.51. The Morgan fingerprint density at radius 2 is 2.14 bits per heavy atom. The number of hydrogen-bond donors (Lipinski definition) is 2. The van der Waals surface area contributed by atoms with Crippen molar-refractivity contribution in [2.24, 2.45) is 17.4 Å². The van der Waals surface area contributed by atoms with Gasteiger partial charge < -0.3 is 16.4 Å². The van der Waals surface area contributed by atoms with E-state index in [1.165, 1.54) is 12.8 Å². The van der Waals surface area contributed by atoms with Crippen LogP contribution in [0.2, 0.25) is 0 Å². The Labute approximate surface area is 85.6 Å². The minimum Gasteiger partial charge on any atom is -0.368 e. The van der Waals surface area contributed by atoms with Crippen molar-refractivity contribution in [3.63, 3.8) is 0 Å². The number of carbonyl (C=O) groups excluding carboxylic acids is 1. The fourth-order valence-electron chi connectivity index (χ4n) is 1.38. The molecule has 1 saturated carbocycles. The number of hydrogen-bond acceptors (Lipinski definition) is 3. The molecule has 1 fully saturated rings. The maximum Gasteiger partial charge on any atom is 0.237 e. The molecule has 0 aromatic rings. The topological polar surface area (TPSA) is 72.3 Å². The fourth-order valence-corrected chi connectivity index (χ4v) is 1.38. The molecule has 1 rings (SSSR count). The molecule has 0 aromatic heterocycles. The number of amides is 1. The molecular weight excluding hydrogens is 178 g/mol. The van der Waals surface area contributed by atoms with Crippen molar-refractivity contribution in [1.82, 2.24) is 4.90 Å². The maximum absolute atomic E-state index is 10.9. The van der Waals surface area contributed by atoms with Crippen LogP contribution in [-0.2, 0) is 4.79 Å². The highest BCUT2D eigenvalue weighted by molar-refractivity contribution is 5.83. The highest BCUT2D eigenvalue weighted by Gasteiger charge is 2.27. The molecule has 1 amide bonds. The van der Waals surface area contributed by atoms with Crippen molar-refractivity contribution < 1.29 is 4.79 Å². The third kappa shape index (κ3) is 3.64. The lowest BCUT2D eigenvalue weighted by atomic mass is 9.98. The quantitative estimate of drug-likeness (QED) is 0.628. The van der Waals surface area contributed by atoms with Gasteiger partial charge in [-0.3, -0.25) is 4.79 Å². The van der Waals surface area contributed by atoms with Gasteiger partial charge in [-0.05, 0) is 39.2 Å². The van der Waals surface area contributed by atoms with Gasteiger partial charge in [-0.2, -0.15) is 0 Å². The fraction of sp³-hybridized carbons (Fsp3) is 0.900. The molecular formula is C10H21N3O. The van der Waals surface area contributed by atoms with Crippen molar-refractivity contribution in [2.75, 3.05) is 20.1 Å². The maximum atomic E-state index is 10.9. The standard InChI is InChI=1S/C10H21N3O/c1-10(12,9(11)14)5-6-13(2)7-8-3-4-8/h8H,3-7,12H2,1-2H3,(H2,11,14). The van der Waals surface area contributed by atoms with Crippen LogP contribution in [-0.4, -0.2) is 36.5 Å². The van der Waals surface area contributed by atoms with Crippen molar-refractivity contribution >= 4 is 5.91 Å². The predicted molar refractivity (Wildman–Crippen MR) is 56.6 cm³/mol. The van der Waals surface area contributed by atoms with E-state index in [4.69, 9.17) is 11.5 Å². The van der Waals surface area contributed by atoms with Gasteiger partial charge in [-0.1, -0.05) is 0 Å². The molecule has 0 aromatic carbocycles. The zero-order valence-corrected chi connectivity index (χ0v) is 9.12. The molecule has 0 spiro atoms. The Balaban J connectivity index is 2.20. The van der Waals surface area contributed by atoms with E-state index >= 15 is 0 Å². The monoisotopic (exact) mass is 199 g/mol. The molecule has 1 unspecified atom stereocenters. The molecule has 0 aliphatic heterocycles. The largest absolute Gasteiger partial charge is 0.368 e. The average molecular weight is 199 g/mol. The summed E-state index contributed by atoms with van der Waals surface area (Å²) in [7, 11) is 2.06. The average Bonchev–Trinajstić information content (AvgIpc) is 2.85. The van der Waals surface area contributed by atoms with Gasteiger partial charge in [0.1, 0.15) is 0 Å². The van der Waals surface area contributed by atoms with Gasteiger partial charge in [0, 0.05) is 13.1 Å². The molecule has 1 aliphatic carbocycles. The van der Waals surface area contributed by atoms with Gasteiger partial charge in [0.05, 0.1) is 5.54 Å². The van der Waals surface area contributed by atoms with Crippen LogP contribution >= 0.6 is 0 Å². The van der Waals surface area contributed by atoms with E-state index in [1.54, 1.807) is 6.92 Å². The number of primary amides is 1. The summed E-state index contributed by atoms with van der Waals surface area (Å²) in [5, 5.41) is 0. The summed E-state index contributed by atoms with van der Waals surface area (Å²) < 4.78 is 0. The third-order valence-electron chi connectivity index (χ3n) is 2.84. The van der Waals surface area contributed by atoms with Crippen LogP contribution in [0, 0.1) is 5.92 Å². The highest BCUT2D eigenvalue weighted by atomic mass is 16.1. The van der Waals surface area contributed by atoms with Gasteiger partial charge >= 0.3 is 0 Å². The molecule has 0 saturated heterocycles. The van der Waals surface area contributed by atoms with Gasteiger partial charge in [-0.25, -0.2) is 0 Å². The second-order valence-electron chi connectivity index (χ2n) is 4.74. The molecule has 82 valence electrons. The van der Waals surface area contributed by atoms with Crippen LogP contribution in [0.4, 0.5) is 0 Å². The van der Waals surface area contributed by atoms with Crippen LogP contribution < -0.4 is 11.5 Å². The Kier molecular flexibility index (Phi) is 3.50. The number of nitrogens with zero attached hydrogens (tertiary/aromatic N) is 1. The van der Waals surface area contributed by atoms with Gasteiger partial charge in [-0.15, -0.1) is 0 Å². The molecule has 1 aliphatic rings. The van der Waals surface area contributed by atoms with Crippen LogP contribution in [0.3, 0.4) is 0 Å². The Bertz CT molecular complexity index is 211. The second kappa shape index (κ2) is 4.28. The number of carbonyl (C=O) groups is 1. The van der Waals surface area contributed by atoms with Crippen molar-refractivity contribution in [1.29, 1.82) is 0 Å². The van der Waals surface area contributed by atoms with Crippen LogP contribution in [0.1, 0.15) is 26.2 Å². The second-order valence-corrected chi connectivity index (χ2v) is 4.74. The van der Waals surface area contributed by atoms with E-state index in [9.17, 15) is 4.79 Å². The first kappa shape index (κ1) is 11.5. The van der Waals surface area contributed by atoms with Crippen LogP contribution in [0.25, 0.3) is 0 Å². The van der Waals surface area contributed by atoms with E-state index in [0.717, 1.165) is 19.0 Å². The minimum absolute atomic E-state index is 0.419. The molecule has 1 atom stereocenters. The van der Waals surface area contributed by atoms with E-state index in [1.807, 2.05) is 0 Å². The normalized spacial score (nSPS) is 20.9. The summed E-state index contributed by atoms with van der Waals surface area (Å²) in [6, 6.07) is 0. The minimum atomic E-state index is -0.863. The molecule has 0 radical (unpaired) electrons. The molecule has 0 heterocycles. The third-order valence-corrected chi connectivity index (χ3v) is 2.84. The Hall–Kier alpha value is -0.610. The summed E-state index contributed by atoms with van der Waals surface area (Å²) >= 11 is 0. The van der Waals surface area contributed by atoms with Gasteiger partial charge in [0.15, 0.2) is 0 Å². The van der Waals surface area contributed by atoms with Gasteiger partial charge in [0.25, 0.3) is 0 Å². The Morgan fingerprint density at radius 3 is 2.57 bits per heavy atom. The van der Waals surface area contributed by atoms with Crippen molar-refractivity contribution in [2.45, 2.75) is 31.7 Å². The Morgan fingerprint density at radius 1 is 1.57 bits per heavy atom. The summed E-state index contributed by atoms with van der Waals surface area (Å²) in [4.78, 5) is 13.2. The highest BCUT2D eigenvalue weighted by Crippen LogP contribution is 2.29.